The molecule has 0 amide bonds. The third kappa shape index (κ3) is 17.3. The molecule has 120 valence electrons. The molecule has 5 nitrogen and oxygen atoms in total. The van der Waals surface area contributed by atoms with Crippen molar-refractivity contribution in [2.24, 2.45) is 11.3 Å². The molecule has 2 aliphatic heterocycles. The minimum absolute atomic E-state index is 0.446. The molecule has 0 aromatic rings. The van der Waals surface area contributed by atoms with E-state index in [0.717, 1.165) is 32.8 Å². The maximum absolute atomic E-state index is 9.31. The van der Waals surface area contributed by atoms with E-state index >= 15 is 0 Å². The second-order valence-electron chi connectivity index (χ2n) is 5.44. The van der Waals surface area contributed by atoms with Crippen LogP contribution >= 0.6 is 0 Å². The molecule has 0 aliphatic carbocycles. The van der Waals surface area contributed by atoms with Crippen LogP contribution in [-0.2, 0) is 14.3 Å². The first-order chi connectivity index (χ1) is 9.77. The SMILES string of the molecule is C1CCOCC1.C1CCOCC1.CC(C)CCON=O. The number of hydrogen-bond acceptors (Lipinski definition) is 5. The van der Waals surface area contributed by atoms with Crippen LogP contribution in [0.15, 0.2) is 5.34 Å². The predicted molar refractivity (Wildman–Crippen MR) is 80.5 cm³/mol. The van der Waals surface area contributed by atoms with Crippen molar-refractivity contribution in [3.8, 4) is 0 Å². The van der Waals surface area contributed by atoms with E-state index in [0.29, 0.717) is 12.5 Å². The highest BCUT2D eigenvalue weighted by Crippen LogP contribution is 2.02. The minimum Gasteiger partial charge on any atom is -0.381 e. The van der Waals surface area contributed by atoms with E-state index in [-0.39, 0.29) is 0 Å². The summed E-state index contributed by atoms with van der Waals surface area (Å²) >= 11 is 0. The maximum atomic E-state index is 9.31. The van der Waals surface area contributed by atoms with E-state index in [2.05, 4.69) is 24.0 Å². The van der Waals surface area contributed by atoms with Crippen molar-refractivity contribution in [2.45, 2.75) is 58.8 Å². The van der Waals surface area contributed by atoms with Gasteiger partial charge in [0, 0.05) is 26.4 Å². The second-order valence-corrected chi connectivity index (χ2v) is 5.44. The summed E-state index contributed by atoms with van der Waals surface area (Å²) in [5.41, 5.74) is 0. The quantitative estimate of drug-likeness (QED) is 0.444. The zero-order valence-electron chi connectivity index (χ0n) is 13.1. The van der Waals surface area contributed by atoms with Crippen LogP contribution in [0.1, 0.15) is 58.8 Å². The Balaban J connectivity index is 0.000000274. The molecule has 0 radical (unpaired) electrons. The number of nitrogens with zero attached hydrogens (tertiary/aromatic N) is 1. The summed E-state index contributed by atoms with van der Waals surface area (Å²) in [4.78, 5) is 13.5. The fraction of sp³-hybridized carbons (Fsp3) is 1.00. The van der Waals surface area contributed by atoms with Gasteiger partial charge in [0.2, 0.25) is 0 Å². The summed E-state index contributed by atoms with van der Waals surface area (Å²) in [5, 5.41) is 2.26. The molecule has 5 heteroatoms. The van der Waals surface area contributed by atoms with Crippen LogP contribution in [0.3, 0.4) is 0 Å². The molecule has 0 spiro atoms. The van der Waals surface area contributed by atoms with Crippen molar-refractivity contribution in [2.75, 3.05) is 33.0 Å². The van der Waals surface area contributed by atoms with Crippen LogP contribution in [0.25, 0.3) is 0 Å². The van der Waals surface area contributed by atoms with Gasteiger partial charge in [-0.05, 0) is 50.9 Å². The second kappa shape index (κ2) is 16.4. The molecule has 0 bridgehead atoms. The van der Waals surface area contributed by atoms with Gasteiger partial charge in [-0.2, -0.15) is 0 Å². The Morgan fingerprint density at radius 3 is 1.55 bits per heavy atom. The van der Waals surface area contributed by atoms with Gasteiger partial charge < -0.3 is 14.3 Å². The molecule has 0 aromatic heterocycles. The predicted octanol–water partition coefficient (Wildman–Crippen LogP) is 4.10. The van der Waals surface area contributed by atoms with Crippen molar-refractivity contribution in [3.63, 3.8) is 0 Å². The first-order valence-electron chi connectivity index (χ1n) is 7.87. The van der Waals surface area contributed by atoms with Gasteiger partial charge in [0.15, 0.2) is 5.34 Å². The molecule has 2 saturated heterocycles. The van der Waals surface area contributed by atoms with Gasteiger partial charge in [0.05, 0.1) is 0 Å². The van der Waals surface area contributed by atoms with Gasteiger partial charge in [-0.15, -0.1) is 4.91 Å². The first-order valence-corrected chi connectivity index (χ1v) is 7.87. The van der Waals surface area contributed by atoms with Crippen molar-refractivity contribution >= 4 is 0 Å². The lowest BCUT2D eigenvalue weighted by Crippen LogP contribution is -2.03. The van der Waals surface area contributed by atoms with E-state index in [4.69, 9.17) is 9.47 Å². The fourth-order valence-corrected chi connectivity index (χ4v) is 1.70. The lowest BCUT2D eigenvalue weighted by molar-refractivity contribution is 0.0967. The van der Waals surface area contributed by atoms with Crippen molar-refractivity contribution in [3.05, 3.63) is 4.91 Å². The molecule has 2 aliphatic rings. The lowest BCUT2D eigenvalue weighted by atomic mass is 10.1. The van der Waals surface area contributed by atoms with E-state index in [9.17, 15) is 4.91 Å². The fourth-order valence-electron chi connectivity index (χ4n) is 1.70. The van der Waals surface area contributed by atoms with Crippen LogP contribution in [0.2, 0.25) is 0 Å². The van der Waals surface area contributed by atoms with Crippen LogP contribution in [0.4, 0.5) is 0 Å². The molecule has 0 aromatic carbocycles. The molecular formula is C15H31NO4. The highest BCUT2D eigenvalue weighted by molar-refractivity contribution is 4.45. The molecular weight excluding hydrogens is 258 g/mol. The van der Waals surface area contributed by atoms with Gasteiger partial charge in [-0.25, -0.2) is 0 Å². The first kappa shape index (κ1) is 19.3. The summed E-state index contributed by atoms with van der Waals surface area (Å²) < 4.78 is 10.1. The highest BCUT2D eigenvalue weighted by atomic mass is 16.7. The van der Waals surface area contributed by atoms with Crippen LogP contribution in [0.5, 0.6) is 0 Å². The normalized spacial score (nSPS) is 18.1. The van der Waals surface area contributed by atoms with Gasteiger partial charge in [-0.1, -0.05) is 13.8 Å². The number of ether oxygens (including phenoxy) is 2. The molecule has 2 fully saturated rings. The average Bonchev–Trinajstić information content (AvgIpc) is 2.52. The Bertz CT molecular complexity index is 157. The summed E-state index contributed by atoms with van der Waals surface area (Å²) in [6, 6.07) is 0. The summed E-state index contributed by atoms with van der Waals surface area (Å²) in [6.07, 6.45) is 8.76. The standard InChI is InChI=1S/C5H11NO2.2C5H10O/c1-5(2)3-4-8-6-7;2*1-2-4-6-5-3-1/h5H,3-4H2,1-2H3;2*1-5H2. The van der Waals surface area contributed by atoms with E-state index in [1.165, 1.54) is 38.5 Å². The number of rotatable bonds is 4. The summed E-state index contributed by atoms with van der Waals surface area (Å²) in [6.45, 7) is 8.57. The van der Waals surface area contributed by atoms with Gasteiger partial charge in [0.25, 0.3) is 0 Å². The summed E-state index contributed by atoms with van der Waals surface area (Å²) in [7, 11) is 0. The maximum Gasteiger partial charge on any atom is 0.155 e. The monoisotopic (exact) mass is 289 g/mol. The Morgan fingerprint density at radius 2 is 1.35 bits per heavy atom. The molecule has 0 saturated carbocycles. The lowest BCUT2D eigenvalue weighted by Gasteiger charge is -2.08. The van der Waals surface area contributed by atoms with E-state index < -0.39 is 0 Å². The minimum atomic E-state index is 0.446. The highest BCUT2D eigenvalue weighted by Gasteiger charge is 1.95. The molecule has 2 rings (SSSR count). The summed E-state index contributed by atoms with van der Waals surface area (Å²) in [5.74, 6) is 0.580. The third-order valence-corrected chi connectivity index (χ3v) is 2.99. The Kier molecular flexibility index (Phi) is 15.8. The van der Waals surface area contributed by atoms with Gasteiger partial charge >= 0.3 is 0 Å². The molecule has 0 N–H and O–H groups in total. The van der Waals surface area contributed by atoms with Crippen molar-refractivity contribution < 1.29 is 14.3 Å². The smallest absolute Gasteiger partial charge is 0.155 e. The van der Waals surface area contributed by atoms with Crippen LogP contribution in [0, 0.1) is 10.8 Å². The number of hydrogen-bond donors (Lipinski definition) is 0. The van der Waals surface area contributed by atoms with Crippen molar-refractivity contribution in [1.29, 1.82) is 0 Å². The Hall–Kier alpha value is -0.680. The van der Waals surface area contributed by atoms with Crippen LogP contribution in [-0.4, -0.2) is 33.0 Å². The van der Waals surface area contributed by atoms with E-state index in [1.54, 1.807) is 0 Å². The van der Waals surface area contributed by atoms with Gasteiger partial charge in [-0.3, -0.25) is 0 Å². The molecule has 20 heavy (non-hydrogen) atoms. The molecule has 2 heterocycles. The molecule has 0 unspecified atom stereocenters. The van der Waals surface area contributed by atoms with Gasteiger partial charge in [0.1, 0.15) is 6.61 Å². The zero-order chi connectivity index (χ0) is 14.9. The third-order valence-electron chi connectivity index (χ3n) is 2.99. The average molecular weight is 289 g/mol. The Labute approximate surface area is 123 Å². The van der Waals surface area contributed by atoms with E-state index in [1.807, 2.05) is 0 Å². The topological polar surface area (TPSA) is 57.1 Å². The largest absolute Gasteiger partial charge is 0.381 e. The van der Waals surface area contributed by atoms with Crippen LogP contribution < -0.4 is 0 Å². The molecule has 0 atom stereocenters. The van der Waals surface area contributed by atoms with Crippen molar-refractivity contribution in [1.82, 2.24) is 0 Å². The Morgan fingerprint density at radius 1 is 0.900 bits per heavy atom. The zero-order valence-corrected chi connectivity index (χ0v) is 13.1.